The highest BCUT2D eigenvalue weighted by Crippen LogP contribution is 2.33. The summed E-state index contributed by atoms with van der Waals surface area (Å²) in [4.78, 5) is 13.7. The number of aliphatic carboxylic acids is 1. The first-order valence-electron chi connectivity index (χ1n) is 4.96. The molecular weight excluding hydrogens is 275 g/mol. The van der Waals surface area contributed by atoms with E-state index in [1.54, 1.807) is 0 Å². The van der Waals surface area contributed by atoms with Gasteiger partial charge in [0.15, 0.2) is 0 Å². The van der Waals surface area contributed by atoms with Gasteiger partial charge >= 0.3 is 12.1 Å². The Labute approximate surface area is 104 Å². The molecule has 0 bridgehead atoms. The number of halogens is 5. The van der Waals surface area contributed by atoms with Gasteiger partial charge in [-0.1, -0.05) is 0 Å². The Kier molecular flexibility index (Phi) is 4.40. The molecule has 19 heavy (non-hydrogen) atoms. The summed E-state index contributed by atoms with van der Waals surface area (Å²) in [6.07, 6.45) is -9.02. The molecule has 0 atom stereocenters. The van der Waals surface area contributed by atoms with Crippen LogP contribution in [-0.4, -0.2) is 16.1 Å². The van der Waals surface area contributed by atoms with E-state index >= 15 is 0 Å². The summed E-state index contributed by atoms with van der Waals surface area (Å²) in [6.45, 7) is -0.563. The molecule has 0 amide bonds. The molecule has 0 unspecified atom stereocenters. The van der Waals surface area contributed by atoms with Crippen molar-refractivity contribution in [3.8, 4) is 0 Å². The molecule has 1 rings (SSSR count). The second-order valence-corrected chi connectivity index (χ2v) is 3.60. The second kappa shape index (κ2) is 5.47. The largest absolute Gasteiger partial charge is 0.481 e. The van der Waals surface area contributed by atoms with Crippen LogP contribution < -0.4 is 5.73 Å². The molecule has 106 valence electrons. The Morgan fingerprint density at radius 2 is 2.00 bits per heavy atom. The van der Waals surface area contributed by atoms with Crippen molar-refractivity contribution in [3.63, 3.8) is 0 Å². The lowest BCUT2D eigenvalue weighted by Crippen LogP contribution is -2.17. The van der Waals surface area contributed by atoms with Gasteiger partial charge in [0.1, 0.15) is 5.69 Å². The Hall–Kier alpha value is -1.77. The average Bonchev–Trinajstić information content (AvgIpc) is 2.26. The fraction of sp³-hybridized carbons (Fsp3) is 0.400. The van der Waals surface area contributed by atoms with E-state index in [-0.39, 0.29) is 6.07 Å². The lowest BCUT2D eigenvalue weighted by molar-refractivity contribution is -0.141. The summed E-state index contributed by atoms with van der Waals surface area (Å²) in [5.41, 5.74) is 1.65. The highest BCUT2D eigenvalue weighted by atomic mass is 19.4. The minimum Gasteiger partial charge on any atom is -0.481 e. The van der Waals surface area contributed by atoms with Gasteiger partial charge in [-0.15, -0.1) is 0 Å². The van der Waals surface area contributed by atoms with Crippen molar-refractivity contribution in [2.24, 2.45) is 5.73 Å². The molecule has 1 heterocycles. The molecule has 9 heteroatoms. The molecule has 0 saturated carbocycles. The van der Waals surface area contributed by atoms with Gasteiger partial charge in [0.05, 0.1) is 12.1 Å². The summed E-state index contributed by atoms with van der Waals surface area (Å²) >= 11 is 0. The fourth-order valence-corrected chi connectivity index (χ4v) is 1.51. The number of pyridine rings is 1. The standard InChI is InChI=1S/C10H9F5N2O2/c11-9(12)5-1-7(10(13,14)15)17-6(3-16)4(5)2-8(18)19/h1,9H,2-3,16H2,(H,18,19). The molecule has 0 spiro atoms. The molecule has 0 aliphatic heterocycles. The van der Waals surface area contributed by atoms with Crippen molar-refractivity contribution in [2.45, 2.75) is 25.6 Å². The molecule has 0 aliphatic carbocycles. The number of alkyl halides is 5. The van der Waals surface area contributed by atoms with Gasteiger partial charge in [-0.3, -0.25) is 4.79 Å². The highest BCUT2D eigenvalue weighted by molar-refractivity contribution is 5.71. The quantitative estimate of drug-likeness (QED) is 0.830. The molecule has 0 saturated heterocycles. The summed E-state index contributed by atoms with van der Waals surface area (Å²) in [7, 11) is 0. The highest BCUT2D eigenvalue weighted by Gasteiger charge is 2.35. The number of nitrogens with two attached hydrogens (primary N) is 1. The van der Waals surface area contributed by atoms with Crippen molar-refractivity contribution in [2.75, 3.05) is 0 Å². The molecule has 0 aromatic carbocycles. The van der Waals surface area contributed by atoms with E-state index in [1.807, 2.05) is 0 Å². The molecule has 0 radical (unpaired) electrons. The lowest BCUT2D eigenvalue weighted by Gasteiger charge is -2.15. The molecule has 0 fully saturated rings. The number of nitrogens with zero attached hydrogens (tertiary/aromatic N) is 1. The maximum absolute atomic E-state index is 12.7. The topological polar surface area (TPSA) is 76.2 Å². The summed E-state index contributed by atoms with van der Waals surface area (Å²) < 4.78 is 62.9. The van der Waals surface area contributed by atoms with E-state index in [4.69, 9.17) is 10.8 Å². The Balaban J connectivity index is 3.49. The molecule has 4 nitrogen and oxygen atoms in total. The summed E-state index contributed by atoms with van der Waals surface area (Å²) in [6, 6.07) is 0.155. The van der Waals surface area contributed by atoms with Crippen molar-refractivity contribution in [1.82, 2.24) is 4.98 Å². The predicted octanol–water partition coefficient (Wildman–Crippen LogP) is 2.12. The normalized spacial score (nSPS) is 11.9. The Bertz CT molecular complexity index is 488. The molecule has 0 aliphatic rings. The first-order chi connectivity index (χ1) is 8.66. The summed E-state index contributed by atoms with van der Waals surface area (Å²) in [5.74, 6) is -1.46. The van der Waals surface area contributed by atoms with Crippen molar-refractivity contribution in [3.05, 3.63) is 28.6 Å². The van der Waals surface area contributed by atoms with Gasteiger partial charge < -0.3 is 10.8 Å². The van der Waals surface area contributed by atoms with Crippen molar-refractivity contribution >= 4 is 5.97 Å². The number of hydrogen-bond acceptors (Lipinski definition) is 3. The monoisotopic (exact) mass is 284 g/mol. The van der Waals surface area contributed by atoms with E-state index < -0.39 is 54.1 Å². The number of aromatic nitrogens is 1. The van der Waals surface area contributed by atoms with Crippen LogP contribution in [0.25, 0.3) is 0 Å². The molecule has 1 aromatic heterocycles. The van der Waals surface area contributed by atoms with E-state index in [9.17, 15) is 26.7 Å². The van der Waals surface area contributed by atoms with Crippen molar-refractivity contribution < 1.29 is 31.9 Å². The van der Waals surface area contributed by atoms with E-state index in [1.165, 1.54) is 0 Å². The zero-order valence-electron chi connectivity index (χ0n) is 9.34. The van der Waals surface area contributed by atoms with Crippen LogP contribution in [0.3, 0.4) is 0 Å². The van der Waals surface area contributed by atoms with Crippen LogP contribution in [0.2, 0.25) is 0 Å². The summed E-state index contributed by atoms with van der Waals surface area (Å²) in [5, 5.41) is 8.59. The van der Waals surface area contributed by atoms with Gasteiger partial charge in [0.2, 0.25) is 0 Å². The number of carboxylic acid groups (broad SMARTS) is 1. The SMILES string of the molecule is NCc1nc(C(F)(F)F)cc(C(F)F)c1CC(=O)O. The molecule has 1 aromatic rings. The van der Waals surface area contributed by atoms with Crippen molar-refractivity contribution in [1.29, 1.82) is 0 Å². The molecular formula is C10H9F5N2O2. The smallest absolute Gasteiger partial charge is 0.433 e. The zero-order valence-corrected chi connectivity index (χ0v) is 9.34. The van der Waals surface area contributed by atoms with Crippen LogP contribution >= 0.6 is 0 Å². The van der Waals surface area contributed by atoms with Gasteiger partial charge in [0, 0.05) is 12.1 Å². The number of carboxylic acids is 1. The van der Waals surface area contributed by atoms with Gasteiger partial charge in [-0.05, 0) is 11.6 Å². The second-order valence-electron chi connectivity index (χ2n) is 3.60. The lowest BCUT2D eigenvalue weighted by atomic mass is 10.0. The van der Waals surface area contributed by atoms with Crippen LogP contribution in [0.4, 0.5) is 22.0 Å². The third-order valence-corrected chi connectivity index (χ3v) is 2.29. The average molecular weight is 284 g/mol. The van der Waals surface area contributed by atoms with Crippen LogP contribution in [0, 0.1) is 0 Å². The van der Waals surface area contributed by atoms with E-state index in [0.29, 0.717) is 0 Å². The van der Waals surface area contributed by atoms with Crippen LogP contribution in [0.1, 0.15) is 28.9 Å². The zero-order chi connectivity index (χ0) is 14.8. The maximum atomic E-state index is 12.7. The fourth-order valence-electron chi connectivity index (χ4n) is 1.51. The van der Waals surface area contributed by atoms with Crippen LogP contribution in [0.5, 0.6) is 0 Å². The molecule has 3 N–H and O–H groups in total. The first-order valence-corrected chi connectivity index (χ1v) is 4.96. The first kappa shape index (κ1) is 15.3. The van der Waals surface area contributed by atoms with Crippen LogP contribution in [0.15, 0.2) is 6.07 Å². The van der Waals surface area contributed by atoms with Gasteiger partial charge in [0.25, 0.3) is 6.43 Å². The minimum atomic E-state index is -4.91. The Morgan fingerprint density at radius 1 is 1.42 bits per heavy atom. The Morgan fingerprint density at radius 3 is 2.37 bits per heavy atom. The van der Waals surface area contributed by atoms with Crippen LogP contribution in [-0.2, 0) is 23.9 Å². The number of carbonyl (C=O) groups is 1. The van der Waals surface area contributed by atoms with E-state index in [0.717, 1.165) is 0 Å². The third kappa shape index (κ3) is 3.60. The number of rotatable bonds is 4. The number of hydrogen-bond donors (Lipinski definition) is 2. The van der Waals surface area contributed by atoms with Gasteiger partial charge in [-0.2, -0.15) is 13.2 Å². The van der Waals surface area contributed by atoms with E-state index in [2.05, 4.69) is 4.98 Å². The maximum Gasteiger partial charge on any atom is 0.433 e. The minimum absolute atomic E-state index is 0.155. The third-order valence-electron chi connectivity index (χ3n) is 2.29. The predicted molar refractivity (Wildman–Crippen MR) is 53.4 cm³/mol. The van der Waals surface area contributed by atoms with Gasteiger partial charge in [-0.25, -0.2) is 13.8 Å².